The van der Waals surface area contributed by atoms with Crippen molar-refractivity contribution in [2.75, 3.05) is 6.61 Å². The van der Waals surface area contributed by atoms with E-state index in [1.165, 1.54) is 12.8 Å². The summed E-state index contributed by atoms with van der Waals surface area (Å²) in [7, 11) is 0. The highest BCUT2D eigenvalue weighted by molar-refractivity contribution is 7.80. The van der Waals surface area contributed by atoms with E-state index in [0.717, 1.165) is 17.3 Å². The molecule has 1 aromatic carbocycles. The Hall–Kier alpha value is -0.630. The van der Waals surface area contributed by atoms with Crippen LogP contribution < -0.4 is 4.74 Å². The second-order valence-electron chi connectivity index (χ2n) is 3.49. The molecule has 0 aliphatic heterocycles. The van der Waals surface area contributed by atoms with Crippen LogP contribution in [0, 0.1) is 5.92 Å². The first-order valence-electron chi connectivity index (χ1n) is 5.18. The standard InChI is InChI=1S/C12H18OS/c1-3-10(4-2)9-13-11-5-7-12(14)8-6-11/h5-8,10,14H,3-4,9H2,1-2H3. The van der Waals surface area contributed by atoms with Gasteiger partial charge >= 0.3 is 0 Å². The van der Waals surface area contributed by atoms with Crippen LogP contribution in [0.5, 0.6) is 5.75 Å². The van der Waals surface area contributed by atoms with Crippen molar-refractivity contribution in [1.82, 2.24) is 0 Å². The fourth-order valence-corrected chi connectivity index (χ4v) is 1.43. The van der Waals surface area contributed by atoms with Crippen LogP contribution in [0.15, 0.2) is 29.2 Å². The van der Waals surface area contributed by atoms with Gasteiger partial charge in [-0.3, -0.25) is 0 Å². The van der Waals surface area contributed by atoms with E-state index in [0.29, 0.717) is 5.92 Å². The quantitative estimate of drug-likeness (QED) is 0.727. The fraction of sp³-hybridized carbons (Fsp3) is 0.500. The zero-order valence-electron chi connectivity index (χ0n) is 8.86. The highest BCUT2D eigenvalue weighted by atomic mass is 32.1. The lowest BCUT2D eigenvalue weighted by molar-refractivity contribution is 0.240. The molecule has 0 amide bonds. The Morgan fingerprint density at radius 1 is 1.14 bits per heavy atom. The van der Waals surface area contributed by atoms with Gasteiger partial charge in [-0.15, -0.1) is 12.6 Å². The van der Waals surface area contributed by atoms with Crippen LogP contribution in [-0.2, 0) is 0 Å². The highest BCUT2D eigenvalue weighted by Crippen LogP contribution is 2.16. The zero-order valence-corrected chi connectivity index (χ0v) is 9.76. The molecule has 0 saturated carbocycles. The number of ether oxygens (including phenoxy) is 1. The summed E-state index contributed by atoms with van der Waals surface area (Å²) < 4.78 is 5.67. The third kappa shape index (κ3) is 3.62. The van der Waals surface area contributed by atoms with Gasteiger partial charge in [-0.1, -0.05) is 26.7 Å². The van der Waals surface area contributed by atoms with E-state index in [1.54, 1.807) is 0 Å². The normalized spacial score (nSPS) is 10.6. The van der Waals surface area contributed by atoms with Gasteiger partial charge in [0.1, 0.15) is 5.75 Å². The predicted octanol–water partition coefficient (Wildman–Crippen LogP) is 3.79. The lowest BCUT2D eigenvalue weighted by Gasteiger charge is -2.13. The Kier molecular flexibility index (Phi) is 4.88. The largest absolute Gasteiger partial charge is 0.493 e. The SMILES string of the molecule is CCC(CC)COc1ccc(S)cc1. The summed E-state index contributed by atoms with van der Waals surface area (Å²) in [6.07, 6.45) is 2.36. The first-order chi connectivity index (χ1) is 6.76. The molecule has 0 saturated heterocycles. The molecule has 0 unspecified atom stereocenters. The minimum absolute atomic E-state index is 0.672. The van der Waals surface area contributed by atoms with E-state index >= 15 is 0 Å². The number of thiol groups is 1. The molecule has 1 aromatic rings. The molecule has 1 rings (SSSR count). The molecule has 0 aromatic heterocycles. The number of rotatable bonds is 5. The van der Waals surface area contributed by atoms with Crippen molar-refractivity contribution in [3.63, 3.8) is 0 Å². The second kappa shape index (κ2) is 5.97. The molecular formula is C12H18OS. The predicted molar refractivity (Wildman–Crippen MR) is 63.3 cm³/mol. The minimum atomic E-state index is 0.672. The Morgan fingerprint density at radius 3 is 2.21 bits per heavy atom. The topological polar surface area (TPSA) is 9.23 Å². The Bertz CT molecular complexity index is 252. The zero-order chi connectivity index (χ0) is 10.4. The first kappa shape index (κ1) is 11.4. The van der Waals surface area contributed by atoms with Gasteiger partial charge < -0.3 is 4.74 Å². The minimum Gasteiger partial charge on any atom is -0.493 e. The van der Waals surface area contributed by atoms with E-state index < -0.39 is 0 Å². The lowest BCUT2D eigenvalue weighted by atomic mass is 10.1. The van der Waals surface area contributed by atoms with Crippen LogP contribution in [0.2, 0.25) is 0 Å². The van der Waals surface area contributed by atoms with Gasteiger partial charge in [-0.2, -0.15) is 0 Å². The van der Waals surface area contributed by atoms with Crippen LogP contribution in [0.25, 0.3) is 0 Å². The maximum Gasteiger partial charge on any atom is 0.119 e. The van der Waals surface area contributed by atoms with Gasteiger partial charge in [-0.05, 0) is 30.2 Å². The molecule has 0 fully saturated rings. The third-order valence-electron chi connectivity index (χ3n) is 2.48. The summed E-state index contributed by atoms with van der Waals surface area (Å²) in [5, 5.41) is 0. The van der Waals surface area contributed by atoms with Crippen LogP contribution in [0.1, 0.15) is 26.7 Å². The number of hydrogen-bond donors (Lipinski definition) is 1. The van der Waals surface area contributed by atoms with Crippen molar-refractivity contribution in [3.05, 3.63) is 24.3 Å². The van der Waals surface area contributed by atoms with Gasteiger partial charge in [0.2, 0.25) is 0 Å². The number of benzene rings is 1. The molecule has 14 heavy (non-hydrogen) atoms. The van der Waals surface area contributed by atoms with Gasteiger partial charge in [-0.25, -0.2) is 0 Å². The maximum atomic E-state index is 5.67. The van der Waals surface area contributed by atoms with Gasteiger partial charge in [0, 0.05) is 4.90 Å². The Labute approximate surface area is 91.9 Å². The van der Waals surface area contributed by atoms with Gasteiger partial charge in [0.25, 0.3) is 0 Å². The molecule has 78 valence electrons. The molecule has 0 bridgehead atoms. The van der Waals surface area contributed by atoms with Crippen molar-refractivity contribution >= 4 is 12.6 Å². The van der Waals surface area contributed by atoms with Crippen molar-refractivity contribution < 1.29 is 4.74 Å². The Balaban J connectivity index is 2.41. The van der Waals surface area contributed by atoms with E-state index in [-0.39, 0.29) is 0 Å². The third-order valence-corrected chi connectivity index (χ3v) is 2.78. The monoisotopic (exact) mass is 210 g/mol. The average Bonchev–Trinajstić information content (AvgIpc) is 2.22. The molecule has 0 N–H and O–H groups in total. The Morgan fingerprint density at radius 2 is 1.71 bits per heavy atom. The molecule has 2 heteroatoms. The van der Waals surface area contributed by atoms with Crippen LogP contribution in [0.3, 0.4) is 0 Å². The summed E-state index contributed by atoms with van der Waals surface area (Å²) in [6, 6.07) is 7.83. The van der Waals surface area contributed by atoms with Crippen molar-refractivity contribution in [1.29, 1.82) is 0 Å². The van der Waals surface area contributed by atoms with Crippen molar-refractivity contribution in [3.8, 4) is 5.75 Å². The van der Waals surface area contributed by atoms with Crippen LogP contribution in [0.4, 0.5) is 0 Å². The summed E-state index contributed by atoms with van der Waals surface area (Å²) in [5.74, 6) is 1.61. The number of hydrogen-bond acceptors (Lipinski definition) is 2. The molecule has 0 atom stereocenters. The molecule has 0 radical (unpaired) electrons. The van der Waals surface area contributed by atoms with E-state index in [1.807, 2.05) is 24.3 Å². The van der Waals surface area contributed by atoms with Crippen molar-refractivity contribution in [2.45, 2.75) is 31.6 Å². The van der Waals surface area contributed by atoms with Gasteiger partial charge in [0.15, 0.2) is 0 Å². The first-order valence-corrected chi connectivity index (χ1v) is 5.62. The molecule has 1 nitrogen and oxygen atoms in total. The highest BCUT2D eigenvalue weighted by Gasteiger charge is 2.03. The van der Waals surface area contributed by atoms with Crippen LogP contribution >= 0.6 is 12.6 Å². The summed E-state index contributed by atoms with van der Waals surface area (Å²) in [6.45, 7) is 5.22. The van der Waals surface area contributed by atoms with E-state index in [9.17, 15) is 0 Å². The summed E-state index contributed by atoms with van der Waals surface area (Å²) >= 11 is 4.22. The van der Waals surface area contributed by atoms with Crippen molar-refractivity contribution in [2.24, 2.45) is 5.92 Å². The lowest BCUT2D eigenvalue weighted by Crippen LogP contribution is -2.09. The average molecular weight is 210 g/mol. The molecule has 0 aliphatic carbocycles. The fourth-order valence-electron chi connectivity index (χ4n) is 1.28. The summed E-state index contributed by atoms with van der Waals surface area (Å²) in [5.41, 5.74) is 0. The van der Waals surface area contributed by atoms with Gasteiger partial charge in [0.05, 0.1) is 6.61 Å². The molecule has 0 heterocycles. The second-order valence-corrected chi connectivity index (χ2v) is 4.00. The smallest absolute Gasteiger partial charge is 0.119 e. The maximum absolute atomic E-state index is 5.67. The molecule has 0 aliphatic rings. The van der Waals surface area contributed by atoms with E-state index in [2.05, 4.69) is 26.5 Å². The molecule has 0 spiro atoms. The van der Waals surface area contributed by atoms with E-state index in [4.69, 9.17) is 4.74 Å². The summed E-state index contributed by atoms with van der Waals surface area (Å²) in [4.78, 5) is 0.972. The molecular weight excluding hydrogens is 192 g/mol. The van der Waals surface area contributed by atoms with Crippen LogP contribution in [-0.4, -0.2) is 6.61 Å².